The Hall–Kier alpha value is -1.54. The van der Waals surface area contributed by atoms with Crippen LogP contribution in [0.2, 0.25) is 0 Å². The van der Waals surface area contributed by atoms with Crippen molar-refractivity contribution in [2.24, 2.45) is 11.6 Å². The Morgan fingerprint density at radius 2 is 1.86 bits per heavy atom. The number of hydrazine groups is 1. The fraction of sp³-hybridized carbons (Fsp3) is 0.571. The second kappa shape index (κ2) is 9.41. The van der Waals surface area contributed by atoms with Crippen LogP contribution < -0.4 is 17.0 Å². The van der Waals surface area contributed by atoms with E-state index in [0.29, 0.717) is 12.2 Å². The van der Waals surface area contributed by atoms with E-state index in [1.807, 2.05) is 19.9 Å². The molecular formula is C14H26N6O. The first-order chi connectivity index (χ1) is 10.2. The van der Waals surface area contributed by atoms with Crippen molar-refractivity contribution in [2.45, 2.75) is 20.4 Å². The van der Waals surface area contributed by atoms with E-state index in [1.165, 1.54) is 0 Å². The third-order valence-corrected chi connectivity index (χ3v) is 3.33. The van der Waals surface area contributed by atoms with Gasteiger partial charge < -0.3 is 5.73 Å². The van der Waals surface area contributed by atoms with Crippen LogP contribution in [0.4, 0.5) is 0 Å². The van der Waals surface area contributed by atoms with Crippen LogP contribution >= 0.6 is 0 Å². The van der Waals surface area contributed by atoms with Crippen LogP contribution in [0.3, 0.4) is 0 Å². The minimum Gasteiger partial charge on any atom is -0.318 e. The molecule has 1 amide bonds. The molecule has 0 aliphatic carbocycles. The Labute approximate surface area is 126 Å². The Morgan fingerprint density at radius 3 is 2.33 bits per heavy atom. The predicted octanol–water partition coefficient (Wildman–Crippen LogP) is -0.255. The maximum Gasteiger partial charge on any atom is 0.266 e. The number of amides is 1. The van der Waals surface area contributed by atoms with Crippen LogP contribution in [0, 0.1) is 0 Å². The largest absolute Gasteiger partial charge is 0.318 e. The van der Waals surface area contributed by atoms with Gasteiger partial charge in [-0.1, -0.05) is 13.8 Å². The summed E-state index contributed by atoms with van der Waals surface area (Å²) in [4.78, 5) is 20.1. The van der Waals surface area contributed by atoms with Crippen molar-refractivity contribution in [3.63, 3.8) is 0 Å². The van der Waals surface area contributed by atoms with Gasteiger partial charge in [0.15, 0.2) is 0 Å². The quantitative estimate of drug-likeness (QED) is 0.402. The van der Waals surface area contributed by atoms with E-state index in [0.717, 1.165) is 38.4 Å². The van der Waals surface area contributed by atoms with Gasteiger partial charge in [-0.15, -0.1) is 0 Å². The van der Waals surface area contributed by atoms with Gasteiger partial charge in [-0.3, -0.25) is 25.0 Å². The van der Waals surface area contributed by atoms with Gasteiger partial charge in [0.2, 0.25) is 0 Å². The molecule has 1 fully saturated rings. The molecule has 0 saturated carbocycles. The van der Waals surface area contributed by atoms with Gasteiger partial charge in [-0.25, -0.2) is 5.84 Å². The summed E-state index contributed by atoms with van der Waals surface area (Å²) in [5.41, 5.74) is 9.12. The van der Waals surface area contributed by atoms with Gasteiger partial charge in [-0.2, -0.15) is 0 Å². The maximum absolute atomic E-state index is 11.3. The summed E-state index contributed by atoms with van der Waals surface area (Å²) in [6, 6.07) is 3.60. The average Bonchev–Trinajstić information content (AvgIpc) is 2.57. The van der Waals surface area contributed by atoms with Crippen molar-refractivity contribution in [3.05, 3.63) is 29.6 Å². The molecule has 0 bridgehead atoms. The standard InChI is InChI=1S/C12H20N6O.C2H6/c13-9-18-5-3-17(4-6-18)8-11-2-1-10(7-15-11)12(19)16-14;1-2/h1-2,7H,3-6,8-9,13-14H2,(H,16,19);1-2H3. The van der Waals surface area contributed by atoms with E-state index in [4.69, 9.17) is 11.6 Å². The highest BCUT2D eigenvalue weighted by Gasteiger charge is 2.16. The first kappa shape index (κ1) is 17.5. The van der Waals surface area contributed by atoms with E-state index >= 15 is 0 Å². The van der Waals surface area contributed by atoms with Gasteiger partial charge in [-0.05, 0) is 12.1 Å². The molecule has 1 aliphatic rings. The first-order valence-corrected chi connectivity index (χ1v) is 7.33. The molecule has 1 saturated heterocycles. The lowest BCUT2D eigenvalue weighted by Gasteiger charge is -2.33. The van der Waals surface area contributed by atoms with E-state index in [9.17, 15) is 4.79 Å². The van der Waals surface area contributed by atoms with Crippen LogP contribution in [0.25, 0.3) is 0 Å². The average molecular weight is 294 g/mol. The first-order valence-electron chi connectivity index (χ1n) is 7.33. The van der Waals surface area contributed by atoms with Crippen LogP contribution in [-0.4, -0.2) is 53.5 Å². The number of nitrogens with zero attached hydrogens (tertiary/aromatic N) is 3. The zero-order valence-corrected chi connectivity index (χ0v) is 12.9. The summed E-state index contributed by atoms with van der Waals surface area (Å²) in [5.74, 6) is 4.74. The number of carbonyl (C=O) groups is 1. The van der Waals surface area contributed by atoms with Crippen LogP contribution in [0.1, 0.15) is 29.9 Å². The van der Waals surface area contributed by atoms with Gasteiger partial charge >= 0.3 is 0 Å². The summed E-state index contributed by atoms with van der Waals surface area (Å²) >= 11 is 0. The Bertz CT molecular complexity index is 414. The number of carbonyl (C=O) groups excluding carboxylic acids is 1. The van der Waals surface area contributed by atoms with Crippen LogP contribution in [0.15, 0.2) is 18.3 Å². The van der Waals surface area contributed by atoms with Crippen molar-refractivity contribution in [1.29, 1.82) is 0 Å². The Morgan fingerprint density at radius 1 is 1.24 bits per heavy atom. The van der Waals surface area contributed by atoms with Gasteiger partial charge in [0.1, 0.15) is 0 Å². The Balaban J connectivity index is 0.00000106. The molecular weight excluding hydrogens is 268 g/mol. The van der Waals surface area contributed by atoms with Crippen LogP contribution in [0.5, 0.6) is 0 Å². The van der Waals surface area contributed by atoms with E-state index in [2.05, 4.69) is 20.2 Å². The number of hydrogen-bond acceptors (Lipinski definition) is 6. The smallest absolute Gasteiger partial charge is 0.266 e. The molecule has 1 aromatic heterocycles. The summed E-state index contributed by atoms with van der Waals surface area (Å²) in [5, 5.41) is 0. The highest BCUT2D eigenvalue weighted by atomic mass is 16.2. The fourth-order valence-electron chi connectivity index (χ4n) is 2.09. The number of piperazine rings is 1. The van der Waals surface area contributed by atoms with Crippen molar-refractivity contribution in [2.75, 3.05) is 32.8 Å². The maximum atomic E-state index is 11.3. The molecule has 2 rings (SSSR count). The summed E-state index contributed by atoms with van der Waals surface area (Å²) in [7, 11) is 0. The predicted molar refractivity (Wildman–Crippen MR) is 83.1 cm³/mol. The van der Waals surface area contributed by atoms with Crippen molar-refractivity contribution in [1.82, 2.24) is 20.2 Å². The lowest BCUT2D eigenvalue weighted by molar-refractivity contribution is 0.0953. The lowest BCUT2D eigenvalue weighted by atomic mass is 10.2. The molecule has 0 unspecified atom stereocenters. The number of nitrogens with one attached hydrogen (secondary N) is 1. The van der Waals surface area contributed by atoms with Gasteiger partial charge in [0.25, 0.3) is 5.91 Å². The van der Waals surface area contributed by atoms with E-state index in [-0.39, 0.29) is 5.91 Å². The van der Waals surface area contributed by atoms with E-state index in [1.54, 1.807) is 12.3 Å². The summed E-state index contributed by atoms with van der Waals surface area (Å²) < 4.78 is 0. The molecule has 2 heterocycles. The second-order valence-electron chi connectivity index (χ2n) is 4.59. The number of rotatable bonds is 4. The second-order valence-corrected chi connectivity index (χ2v) is 4.59. The van der Waals surface area contributed by atoms with E-state index < -0.39 is 0 Å². The minimum atomic E-state index is -0.324. The van der Waals surface area contributed by atoms with Gasteiger partial charge in [0, 0.05) is 45.6 Å². The zero-order valence-electron chi connectivity index (χ0n) is 12.9. The molecule has 0 aromatic carbocycles. The third-order valence-electron chi connectivity index (χ3n) is 3.33. The highest BCUT2D eigenvalue weighted by Crippen LogP contribution is 2.07. The monoisotopic (exact) mass is 294 g/mol. The molecule has 21 heavy (non-hydrogen) atoms. The lowest BCUT2D eigenvalue weighted by Crippen LogP contribution is -2.47. The minimum absolute atomic E-state index is 0.324. The number of hydrogen-bond donors (Lipinski definition) is 3. The molecule has 5 N–H and O–H groups in total. The zero-order chi connectivity index (χ0) is 15.7. The van der Waals surface area contributed by atoms with Gasteiger partial charge in [0.05, 0.1) is 11.3 Å². The molecule has 7 heteroatoms. The SMILES string of the molecule is CC.NCN1CCN(Cc2ccc(C(=O)NN)cn2)CC1. The number of nitrogens with two attached hydrogens (primary N) is 2. The third kappa shape index (κ3) is 5.39. The molecule has 118 valence electrons. The number of pyridine rings is 1. The normalized spacial score (nSPS) is 16.0. The molecule has 0 atom stereocenters. The molecule has 0 spiro atoms. The molecule has 1 aromatic rings. The van der Waals surface area contributed by atoms with Crippen molar-refractivity contribution in [3.8, 4) is 0 Å². The number of nitrogen functional groups attached to an aromatic ring is 1. The molecule has 0 radical (unpaired) electrons. The van der Waals surface area contributed by atoms with Crippen molar-refractivity contribution >= 4 is 5.91 Å². The summed E-state index contributed by atoms with van der Waals surface area (Å²) in [6.45, 7) is 9.38. The summed E-state index contributed by atoms with van der Waals surface area (Å²) in [6.07, 6.45) is 1.55. The topological polar surface area (TPSA) is 101 Å². The Kier molecular flexibility index (Phi) is 7.84. The molecule has 1 aliphatic heterocycles. The van der Waals surface area contributed by atoms with Crippen molar-refractivity contribution < 1.29 is 4.79 Å². The highest BCUT2D eigenvalue weighted by molar-refractivity contribution is 5.93. The number of aromatic nitrogens is 1. The fourth-order valence-corrected chi connectivity index (χ4v) is 2.09. The van der Waals surface area contributed by atoms with Crippen LogP contribution in [-0.2, 0) is 6.54 Å². The molecule has 7 nitrogen and oxygen atoms in total.